The van der Waals surface area contributed by atoms with Gasteiger partial charge in [0.15, 0.2) is 0 Å². The van der Waals surface area contributed by atoms with Gasteiger partial charge in [0.05, 0.1) is 6.54 Å². The van der Waals surface area contributed by atoms with E-state index in [4.69, 9.17) is 5.73 Å². The maximum atomic E-state index is 12.3. The number of benzene rings is 1. The Bertz CT molecular complexity index is 489. The van der Waals surface area contributed by atoms with Gasteiger partial charge in [-0.05, 0) is 31.2 Å². The van der Waals surface area contributed by atoms with Gasteiger partial charge in [0, 0.05) is 24.3 Å². The largest absolute Gasteiger partial charge is 0.401 e. The first-order chi connectivity index (χ1) is 9.73. The molecule has 1 aromatic rings. The van der Waals surface area contributed by atoms with Crippen molar-refractivity contribution in [3.63, 3.8) is 0 Å². The quantitative estimate of drug-likeness (QED) is 0.795. The zero-order valence-corrected chi connectivity index (χ0v) is 12.1. The Balaban J connectivity index is 2.52. The Morgan fingerprint density at radius 3 is 2.62 bits per heavy atom. The lowest BCUT2D eigenvalue weighted by Crippen LogP contribution is -2.36. The molecule has 1 aromatic carbocycles. The molecule has 1 amide bonds. The third-order valence-electron chi connectivity index (χ3n) is 3.15. The summed E-state index contributed by atoms with van der Waals surface area (Å²) in [4.78, 5) is 13.0. The molecule has 21 heavy (non-hydrogen) atoms. The fourth-order valence-electron chi connectivity index (χ4n) is 1.86. The van der Waals surface area contributed by atoms with Crippen LogP contribution >= 0.6 is 0 Å². The van der Waals surface area contributed by atoms with Crippen molar-refractivity contribution in [1.82, 2.24) is 4.90 Å². The van der Waals surface area contributed by atoms with Crippen LogP contribution in [0, 0.1) is 6.92 Å². The van der Waals surface area contributed by atoms with Gasteiger partial charge in [-0.1, -0.05) is 13.0 Å². The molecular formula is C14H20F3N3O. The molecule has 0 aliphatic heterocycles. The number of alkyl halides is 3. The van der Waals surface area contributed by atoms with Crippen LogP contribution in [0.25, 0.3) is 0 Å². The number of carbonyl (C=O) groups excluding carboxylic acids is 1. The summed E-state index contributed by atoms with van der Waals surface area (Å²) in [5.41, 5.74) is 7.61. The van der Waals surface area contributed by atoms with E-state index in [9.17, 15) is 18.0 Å². The van der Waals surface area contributed by atoms with Gasteiger partial charge in [0.25, 0.3) is 0 Å². The van der Waals surface area contributed by atoms with Crippen molar-refractivity contribution >= 4 is 17.3 Å². The molecule has 118 valence electrons. The highest BCUT2D eigenvalue weighted by Gasteiger charge is 2.30. The smallest absolute Gasteiger partial charge is 0.398 e. The first-order valence-electron chi connectivity index (χ1n) is 6.67. The number of hydrogen-bond acceptors (Lipinski definition) is 3. The number of rotatable bonds is 6. The van der Waals surface area contributed by atoms with Crippen molar-refractivity contribution in [2.45, 2.75) is 26.4 Å². The number of nitrogens with zero attached hydrogens (tertiary/aromatic N) is 1. The molecule has 0 aliphatic rings. The third kappa shape index (κ3) is 6.03. The second-order valence-electron chi connectivity index (χ2n) is 4.80. The Labute approximate surface area is 122 Å². The maximum Gasteiger partial charge on any atom is 0.401 e. The van der Waals surface area contributed by atoms with Crippen LogP contribution in [0.15, 0.2) is 18.2 Å². The van der Waals surface area contributed by atoms with Crippen molar-refractivity contribution in [2.75, 3.05) is 30.7 Å². The van der Waals surface area contributed by atoms with Crippen LogP contribution in [-0.4, -0.2) is 36.6 Å². The average Bonchev–Trinajstić information content (AvgIpc) is 2.38. The van der Waals surface area contributed by atoms with Crippen LogP contribution in [0.3, 0.4) is 0 Å². The Kier molecular flexibility index (Phi) is 6.02. The van der Waals surface area contributed by atoms with Gasteiger partial charge >= 0.3 is 6.18 Å². The summed E-state index contributed by atoms with van der Waals surface area (Å²) < 4.78 is 36.9. The summed E-state index contributed by atoms with van der Waals surface area (Å²) in [6.45, 7) is 2.69. The lowest BCUT2D eigenvalue weighted by Gasteiger charge is -2.21. The molecule has 0 aliphatic carbocycles. The number of nitrogens with one attached hydrogen (secondary N) is 1. The Hall–Kier alpha value is -1.76. The first kappa shape index (κ1) is 17.3. The van der Waals surface area contributed by atoms with Gasteiger partial charge in [-0.25, -0.2) is 0 Å². The minimum Gasteiger partial charge on any atom is -0.398 e. The standard InChI is InChI=1S/C14H20F3N3O/c1-3-20(9-14(15,16)17)8-7-13(21)19-12-6-4-5-11(18)10(12)2/h4-6H,3,7-9,18H2,1-2H3,(H,19,21). The minimum absolute atomic E-state index is 0.00183. The molecule has 0 unspecified atom stereocenters. The number of nitrogen functional groups attached to an aromatic ring is 1. The lowest BCUT2D eigenvalue weighted by atomic mass is 10.1. The van der Waals surface area contributed by atoms with Crippen LogP contribution in [0.5, 0.6) is 0 Å². The molecule has 0 heterocycles. The molecule has 3 N–H and O–H groups in total. The van der Waals surface area contributed by atoms with Crippen molar-refractivity contribution in [2.24, 2.45) is 0 Å². The molecular weight excluding hydrogens is 283 g/mol. The van der Waals surface area contributed by atoms with Gasteiger partial charge in [0.2, 0.25) is 5.91 Å². The monoisotopic (exact) mass is 303 g/mol. The zero-order chi connectivity index (χ0) is 16.0. The van der Waals surface area contributed by atoms with Crippen LogP contribution in [0.1, 0.15) is 18.9 Å². The molecule has 0 saturated carbocycles. The van der Waals surface area contributed by atoms with Crippen LogP contribution in [0.4, 0.5) is 24.5 Å². The van der Waals surface area contributed by atoms with E-state index in [1.165, 1.54) is 4.90 Å². The number of anilines is 2. The predicted molar refractivity (Wildman–Crippen MR) is 77.0 cm³/mol. The van der Waals surface area contributed by atoms with Gasteiger partial charge in [-0.2, -0.15) is 13.2 Å². The van der Waals surface area contributed by atoms with E-state index in [-0.39, 0.29) is 25.4 Å². The molecule has 0 bridgehead atoms. The molecule has 7 heteroatoms. The summed E-state index contributed by atoms with van der Waals surface area (Å²) in [6.07, 6.45) is -4.25. The summed E-state index contributed by atoms with van der Waals surface area (Å²) in [7, 11) is 0. The van der Waals surface area contributed by atoms with Gasteiger partial charge in [-0.3, -0.25) is 9.69 Å². The second-order valence-corrected chi connectivity index (χ2v) is 4.80. The topological polar surface area (TPSA) is 58.4 Å². The molecule has 4 nitrogen and oxygen atoms in total. The van der Waals surface area contributed by atoms with Gasteiger partial charge in [0.1, 0.15) is 0 Å². The molecule has 0 aromatic heterocycles. The first-order valence-corrected chi connectivity index (χ1v) is 6.67. The summed E-state index contributed by atoms with van der Waals surface area (Å²) in [5, 5.41) is 2.67. The fourth-order valence-corrected chi connectivity index (χ4v) is 1.86. The number of hydrogen-bond donors (Lipinski definition) is 2. The summed E-state index contributed by atoms with van der Waals surface area (Å²) in [6, 6.07) is 5.13. The van der Waals surface area contributed by atoms with Crippen LogP contribution < -0.4 is 11.1 Å². The third-order valence-corrected chi connectivity index (χ3v) is 3.15. The van der Waals surface area contributed by atoms with Crippen LogP contribution in [-0.2, 0) is 4.79 Å². The van der Waals surface area contributed by atoms with Crippen LogP contribution in [0.2, 0.25) is 0 Å². The normalized spacial score (nSPS) is 11.7. The van der Waals surface area contributed by atoms with E-state index in [1.807, 2.05) is 0 Å². The predicted octanol–water partition coefficient (Wildman–Crippen LogP) is 2.79. The number of halogens is 3. The van der Waals surface area contributed by atoms with Crippen molar-refractivity contribution in [1.29, 1.82) is 0 Å². The van der Waals surface area contributed by atoms with E-state index in [0.29, 0.717) is 11.4 Å². The number of amides is 1. The summed E-state index contributed by atoms with van der Waals surface area (Å²) >= 11 is 0. The van der Waals surface area contributed by atoms with Gasteiger partial charge < -0.3 is 11.1 Å². The molecule has 0 saturated heterocycles. The number of carbonyl (C=O) groups is 1. The highest BCUT2D eigenvalue weighted by Crippen LogP contribution is 2.20. The maximum absolute atomic E-state index is 12.3. The van der Waals surface area contributed by atoms with E-state index < -0.39 is 12.7 Å². The molecule has 1 rings (SSSR count). The second kappa shape index (κ2) is 7.31. The fraction of sp³-hybridized carbons (Fsp3) is 0.500. The number of nitrogens with two attached hydrogens (primary N) is 1. The zero-order valence-electron chi connectivity index (χ0n) is 12.1. The summed E-state index contributed by atoms with van der Waals surface area (Å²) in [5.74, 6) is -0.329. The Morgan fingerprint density at radius 1 is 1.38 bits per heavy atom. The van der Waals surface area contributed by atoms with E-state index >= 15 is 0 Å². The molecule has 0 radical (unpaired) electrons. The lowest BCUT2D eigenvalue weighted by molar-refractivity contribution is -0.146. The highest BCUT2D eigenvalue weighted by molar-refractivity contribution is 5.92. The van der Waals surface area contributed by atoms with Crippen molar-refractivity contribution in [3.8, 4) is 0 Å². The molecule has 0 fully saturated rings. The van der Waals surface area contributed by atoms with E-state index in [1.54, 1.807) is 32.0 Å². The molecule has 0 atom stereocenters. The molecule has 0 spiro atoms. The average molecular weight is 303 g/mol. The van der Waals surface area contributed by atoms with E-state index in [0.717, 1.165) is 5.56 Å². The Morgan fingerprint density at radius 2 is 2.05 bits per heavy atom. The SMILES string of the molecule is CCN(CCC(=O)Nc1cccc(N)c1C)CC(F)(F)F. The van der Waals surface area contributed by atoms with Crippen molar-refractivity contribution < 1.29 is 18.0 Å². The van der Waals surface area contributed by atoms with E-state index in [2.05, 4.69) is 5.32 Å². The highest BCUT2D eigenvalue weighted by atomic mass is 19.4. The van der Waals surface area contributed by atoms with Gasteiger partial charge in [-0.15, -0.1) is 0 Å². The minimum atomic E-state index is -4.25. The van der Waals surface area contributed by atoms with Crippen molar-refractivity contribution in [3.05, 3.63) is 23.8 Å².